The van der Waals surface area contributed by atoms with Crippen molar-refractivity contribution in [3.8, 4) is 0 Å². The Morgan fingerprint density at radius 2 is 1.28 bits per heavy atom. The van der Waals surface area contributed by atoms with E-state index in [-0.39, 0.29) is 0 Å². The standard InChI is InChI=1S/C2H4O2.Co.HNO3.NO3.5H2N/c1-2(3)4;;2*2-1(3)4;;;;;/h1H3,(H,3,4);;(H,2,3,4);;5*1H2/q;+6;;6*-1/p-1. The van der Waals surface area contributed by atoms with Crippen molar-refractivity contribution in [3.05, 3.63) is 25.4 Å². The van der Waals surface area contributed by atoms with Gasteiger partial charge in [0.25, 0.3) is 5.09 Å². The molecule has 0 fully saturated rings. The SMILES string of the molecule is CC(=O)[O][Co]([NH2])([NH2])([NH2])([NH2])[NH2].O=[N+]([O-])O.O=[N+]([O-])[O-]. The normalized spacial score (nSPS) is 13.2. The van der Waals surface area contributed by atoms with Crippen molar-refractivity contribution < 1.29 is 36.0 Å². The fraction of sp³-hybridized carbons (Fsp3) is 0.500. The fourth-order valence-corrected chi connectivity index (χ4v) is 1.14. The molecule has 0 aliphatic heterocycles. The Kier molecular flexibility index (Phi) is 6.77. The van der Waals surface area contributed by atoms with Crippen molar-refractivity contribution >= 4 is 5.97 Å². The maximum absolute atomic E-state index is 10.3. The molecule has 18 heavy (non-hydrogen) atoms. The summed E-state index contributed by atoms with van der Waals surface area (Å²) in [6.45, 7) is 1.05. The van der Waals surface area contributed by atoms with Gasteiger partial charge in [-0.1, -0.05) is 0 Å². The average molecular weight is 323 g/mol. The zero-order valence-electron chi connectivity index (χ0n) is 8.92. The molecule has 0 aromatic rings. The summed E-state index contributed by atoms with van der Waals surface area (Å²) in [7, 11) is 0. The molecule has 0 atom stereocenters. The van der Waals surface area contributed by atoms with Crippen LogP contribution < -0.4 is 23.9 Å². The third-order valence-electron chi connectivity index (χ3n) is 0.292. The van der Waals surface area contributed by atoms with Gasteiger partial charge in [0.1, 0.15) is 0 Å². The number of carbonyl (C=O) groups is 1. The zero-order valence-corrected chi connectivity index (χ0v) is 9.96. The fourth-order valence-electron chi connectivity index (χ4n) is 0.277. The monoisotopic (exact) mass is 323 g/mol. The Morgan fingerprint density at radius 3 is 1.28 bits per heavy atom. The van der Waals surface area contributed by atoms with Crippen molar-refractivity contribution in [2.45, 2.75) is 6.92 Å². The maximum Gasteiger partial charge on any atom is 0.291 e. The summed E-state index contributed by atoms with van der Waals surface area (Å²) >= 11 is -5.14. The van der Waals surface area contributed by atoms with Gasteiger partial charge in [-0.15, -0.1) is 10.1 Å². The molecule has 115 valence electrons. The quantitative estimate of drug-likeness (QED) is 0.201. The second kappa shape index (κ2) is 5.68. The van der Waals surface area contributed by atoms with E-state index in [1.165, 1.54) is 0 Å². The van der Waals surface area contributed by atoms with E-state index in [4.69, 9.17) is 54.6 Å². The Morgan fingerprint density at radius 1 is 1.11 bits per heavy atom. The number of hydrogen-bond donors (Lipinski definition) is 6. The second-order valence-electron chi connectivity index (χ2n) is 2.53. The van der Waals surface area contributed by atoms with Crippen molar-refractivity contribution in [2.75, 3.05) is 0 Å². The van der Waals surface area contributed by atoms with Crippen molar-refractivity contribution in [1.29, 1.82) is 0 Å². The molecule has 0 amide bonds. The van der Waals surface area contributed by atoms with Gasteiger partial charge in [0.05, 0.1) is 5.09 Å². The topological polar surface area (TPSA) is 286 Å². The smallest absolute Gasteiger partial charge is 0.291 e. The molecular weight excluding hydrogens is 309 g/mol. The van der Waals surface area contributed by atoms with Crippen LogP contribution in [0.5, 0.6) is 0 Å². The van der Waals surface area contributed by atoms with E-state index in [2.05, 4.69) is 3.85 Å². The predicted molar refractivity (Wildman–Crippen MR) is 51.8 cm³/mol. The van der Waals surface area contributed by atoms with Gasteiger partial charge in [-0.2, -0.15) is 0 Å². The van der Waals surface area contributed by atoms with Gasteiger partial charge in [-0.05, 0) is 0 Å². The number of carbonyl (C=O) groups excluding carboxylic acids is 1. The van der Waals surface area contributed by atoms with E-state index in [1.807, 2.05) is 0 Å². The summed E-state index contributed by atoms with van der Waals surface area (Å²) in [5.74, 6) is -0.813. The molecule has 15 nitrogen and oxygen atoms in total. The van der Waals surface area contributed by atoms with Gasteiger partial charge >= 0.3 is 57.4 Å². The number of nitrogens with two attached hydrogens (primary N) is 5. The summed E-state index contributed by atoms with van der Waals surface area (Å²) in [6, 6.07) is 0. The second-order valence-corrected chi connectivity index (χ2v) is 7.43. The van der Waals surface area contributed by atoms with Gasteiger partial charge in [0.15, 0.2) is 0 Å². The number of rotatable bonds is 1. The third kappa shape index (κ3) is 91.9. The molecule has 0 saturated carbocycles. The van der Waals surface area contributed by atoms with Crippen LogP contribution in [0, 0.1) is 25.4 Å². The molecule has 0 radical (unpaired) electrons. The van der Waals surface area contributed by atoms with E-state index >= 15 is 0 Å². The largest absolute Gasteiger partial charge is 0.356 e. The van der Waals surface area contributed by atoms with E-state index in [0.29, 0.717) is 0 Å². The molecule has 16 heteroatoms. The van der Waals surface area contributed by atoms with E-state index in [1.54, 1.807) is 0 Å². The van der Waals surface area contributed by atoms with Crippen LogP contribution in [0.25, 0.3) is 0 Å². The zero-order chi connectivity index (χ0) is 15.8. The first-order chi connectivity index (χ1) is 7.36. The molecule has 11 N–H and O–H groups in total. The van der Waals surface area contributed by atoms with Gasteiger partial charge < -0.3 is 20.5 Å². The van der Waals surface area contributed by atoms with Crippen LogP contribution in [0.15, 0.2) is 0 Å². The van der Waals surface area contributed by atoms with E-state index in [0.717, 1.165) is 6.92 Å². The van der Waals surface area contributed by atoms with Gasteiger partial charge in [-0.25, -0.2) is 0 Å². The summed E-state index contributed by atoms with van der Waals surface area (Å²) < 4.78 is 4.20. The van der Waals surface area contributed by atoms with E-state index in [9.17, 15) is 4.79 Å². The molecule has 0 rings (SSSR count). The Labute approximate surface area is 98.9 Å². The van der Waals surface area contributed by atoms with Gasteiger partial charge in [0, 0.05) is 0 Å². The van der Waals surface area contributed by atoms with Crippen LogP contribution in [-0.4, -0.2) is 21.3 Å². The van der Waals surface area contributed by atoms with Crippen LogP contribution in [0.3, 0.4) is 0 Å². The molecule has 0 aliphatic rings. The third-order valence-corrected chi connectivity index (χ3v) is 1.20. The van der Waals surface area contributed by atoms with Crippen LogP contribution in [0.1, 0.15) is 6.92 Å². The number of nitrogens with zero attached hydrogens (tertiary/aromatic N) is 2. The molecule has 0 saturated heterocycles. The summed E-state index contributed by atoms with van der Waals surface area (Å²) in [5.41, 5.74) is 0. The van der Waals surface area contributed by atoms with Crippen LogP contribution >= 0.6 is 0 Å². The molecule has 0 aromatic carbocycles. The minimum atomic E-state index is -5.14. The molecule has 0 spiro atoms. The van der Waals surface area contributed by atoms with E-state index < -0.39 is 28.1 Å². The molecule has 0 aromatic heterocycles. The minimum absolute atomic E-state index is 0.813. The van der Waals surface area contributed by atoms with Gasteiger partial charge in [0.2, 0.25) is 0 Å². The summed E-state index contributed by atoms with van der Waals surface area (Å²) in [5, 5.41) is 28.4. The van der Waals surface area contributed by atoms with Crippen molar-refractivity contribution in [1.82, 2.24) is 0 Å². The Bertz CT molecular complexity index is 299. The predicted octanol–water partition coefficient (Wildman–Crippen LogP) is -3.53. The first-order valence-electron chi connectivity index (χ1n) is 3.12. The van der Waals surface area contributed by atoms with Crippen molar-refractivity contribution in [3.63, 3.8) is 0 Å². The van der Waals surface area contributed by atoms with Crippen LogP contribution in [0.4, 0.5) is 0 Å². The summed E-state index contributed by atoms with van der Waals surface area (Å²) in [6.07, 6.45) is 0. The molecule has 0 aliphatic carbocycles. The first kappa shape index (κ1) is 21.5. The Hall–Kier alpha value is -1.82. The Balaban J connectivity index is -0.000000233. The van der Waals surface area contributed by atoms with Crippen LogP contribution in [0.2, 0.25) is 0 Å². The average Bonchev–Trinajstić information content (AvgIpc) is 1.69. The molecule has 0 heterocycles. The van der Waals surface area contributed by atoms with Crippen LogP contribution in [-0.2, 0) is 20.6 Å². The first-order valence-corrected chi connectivity index (χ1v) is 6.55. The maximum atomic E-state index is 10.3. The molecular formula is C2H14CoN7O8-. The number of hydrogen-bond acceptors (Lipinski definition) is 12. The minimum Gasteiger partial charge on any atom is -0.356 e. The van der Waals surface area contributed by atoms with Gasteiger partial charge in [-0.3, -0.25) is 0 Å². The molecule has 0 unspecified atom stereocenters. The molecule has 0 bridgehead atoms. The summed E-state index contributed by atoms with van der Waals surface area (Å²) in [4.78, 5) is 52.0. The van der Waals surface area contributed by atoms with Crippen molar-refractivity contribution in [2.24, 2.45) is 23.9 Å².